The fourth-order valence-electron chi connectivity index (χ4n) is 8.87. The van der Waals surface area contributed by atoms with Gasteiger partial charge in [-0.1, -0.05) is 61.4 Å². The fraction of sp³-hybridized carbons (Fsp3) is 0.542. The summed E-state index contributed by atoms with van der Waals surface area (Å²) in [6, 6.07) is 10.9. The van der Waals surface area contributed by atoms with Crippen LogP contribution in [-0.4, -0.2) is 120 Å². The molecule has 370 valence electrons. The van der Waals surface area contributed by atoms with E-state index in [1.165, 1.54) is 0 Å². The number of hydrogen-bond acceptors (Lipinski definition) is 9. The third kappa shape index (κ3) is 15.7. The average Bonchev–Trinajstić information content (AvgIpc) is 3.90. The first kappa shape index (κ1) is 52.3. The molecule has 2 fully saturated rings. The number of fused-ring (bicyclic) bond motifs is 1. The fourth-order valence-corrected chi connectivity index (χ4v) is 8.87. The van der Waals surface area contributed by atoms with Crippen molar-refractivity contribution < 1.29 is 38.4 Å². The van der Waals surface area contributed by atoms with E-state index in [1.807, 2.05) is 49.4 Å². The number of primary amides is 2. The van der Waals surface area contributed by atoms with Crippen LogP contribution in [0.4, 0.5) is 9.59 Å². The normalized spacial score (nSPS) is 18.5. The summed E-state index contributed by atoms with van der Waals surface area (Å²) in [6.07, 6.45) is 8.77. The molecule has 2 saturated heterocycles. The van der Waals surface area contributed by atoms with Crippen molar-refractivity contribution in [1.82, 2.24) is 52.4 Å². The number of nitrogens with zero attached hydrogens (tertiary/aromatic N) is 1. The Labute approximate surface area is 397 Å². The minimum Gasteiger partial charge on any atom is -0.368 e. The number of H-pyrrole nitrogens is 1. The van der Waals surface area contributed by atoms with E-state index in [4.69, 9.17) is 11.5 Å². The molecule has 0 radical (unpaired) electrons. The van der Waals surface area contributed by atoms with Gasteiger partial charge in [0.25, 0.3) is 0 Å². The van der Waals surface area contributed by atoms with Crippen LogP contribution in [0.3, 0.4) is 0 Å². The summed E-state index contributed by atoms with van der Waals surface area (Å²) in [5, 5.41) is 23.3. The van der Waals surface area contributed by atoms with Crippen LogP contribution < -0.4 is 54.0 Å². The topological polar surface area (TPSA) is 304 Å². The first-order valence-corrected chi connectivity index (χ1v) is 23.9. The molecule has 0 aliphatic carbocycles. The van der Waals surface area contributed by atoms with E-state index in [-0.39, 0.29) is 55.7 Å². The first-order valence-electron chi connectivity index (χ1n) is 23.9. The Morgan fingerprint density at radius 2 is 1.49 bits per heavy atom. The van der Waals surface area contributed by atoms with Crippen molar-refractivity contribution in [2.45, 2.75) is 139 Å². The first-order chi connectivity index (χ1) is 32.7. The quantitative estimate of drug-likeness (QED) is 0.0496. The van der Waals surface area contributed by atoms with Crippen molar-refractivity contribution in [1.29, 1.82) is 0 Å². The molecule has 2 aliphatic heterocycles. The maximum Gasteiger partial charge on any atom is 0.315 e. The van der Waals surface area contributed by atoms with Gasteiger partial charge in [-0.05, 0) is 96.2 Å². The number of aromatic nitrogens is 1. The molecule has 68 heavy (non-hydrogen) atoms. The van der Waals surface area contributed by atoms with Crippen LogP contribution in [0, 0.1) is 0 Å². The zero-order valence-electron chi connectivity index (χ0n) is 39.2. The number of urea groups is 2. The van der Waals surface area contributed by atoms with Gasteiger partial charge in [0.05, 0.1) is 12.1 Å². The number of para-hydroxylation sites is 1. The minimum atomic E-state index is -1.33. The molecule has 0 spiro atoms. The monoisotopic (exact) mass is 943 g/mol. The number of nitrogens with two attached hydrogens (primary N) is 2. The van der Waals surface area contributed by atoms with Gasteiger partial charge in [-0.3, -0.25) is 28.8 Å². The maximum absolute atomic E-state index is 14.6. The van der Waals surface area contributed by atoms with Crippen LogP contribution in [0.1, 0.15) is 108 Å². The third-order valence-corrected chi connectivity index (χ3v) is 12.7. The van der Waals surface area contributed by atoms with Crippen molar-refractivity contribution >= 4 is 58.4 Å². The van der Waals surface area contributed by atoms with Gasteiger partial charge in [0.1, 0.15) is 24.2 Å². The number of piperidine rings is 1. The van der Waals surface area contributed by atoms with E-state index in [2.05, 4.69) is 47.5 Å². The number of nitrogens with one attached hydrogen (secondary N) is 9. The molecule has 0 unspecified atom stereocenters. The number of aromatic amines is 1. The van der Waals surface area contributed by atoms with Crippen molar-refractivity contribution in [3.05, 3.63) is 71.9 Å². The average molecular weight is 943 g/mol. The van der Waals surface area contributed by atoms with Gasteiger partial charge in [0.15, 0.2) is 0 Å². The molecule has 0 bridgehead atoms. The van der Waals surface area contributed by atoms with E-state index in [0.29, 0.717) is 80.9 Å². The Balaban J connectivity index is 1.22. The predicted octanol–water partition coefficient (Wildman–Crippen LogP) is 1.75. The molecule has 5 rings (SSSR count). The highest BCUT2D eigenvalue weighted by Crippen LogP contribution is 2.27. The van der Waals surface area contributed by atoms with Crippen LogP contribution in [-0.2, 0) is 35.2 Å². The molecule has 2 aromatic carbocycles. The van der Waals surface area contributed by atoms with Gasteiger partial charge in [-0.2, -0.15) is 0 Å². The summed E-state index contributed by atoms with van der Waals surface area (Å²) in [5.41, 5.74) is 13.1. The molecular weight excluding hydrogens is 873 g/mol. The number of likely N-dealkylation sites (N-methyl/N-ethyl adjacent to an activating group) is 1. The number of unbranched alkanes of at least 4 members (excludes halogenated alkanes) is 3. The van der Waals surface area contributed by atoms with Gasteiger partial charge in [0.2, 0.25) is 35.4 Å². The molecule has 3 heterocycles. The van der Waals surface area contributed by atoms with Gasteiger partial charge >= 0.3 is 12.1 Å². The third-order valence-electron chi connectivity index (χ3n) is 12.7. The molecule has 20 nitrogen and oxygen atoms in total. The van der Waals surface area contributed by atoms with Crippen molar-refractivity contribution in [3.63, 3.8) is 0 Å². The van der Waals surface area contributed by atoms with E-state index >= 15 is 0 Å². The minimum absolute atomic E-state index is 0.00905. The van der Waals surface area contributed by atoms with Crippen LogP contribution in [0.15, 0.2) is 60.8 Å². The number of carbonyl (C=O) groups is 8. The second-order valence-corrected chi connectivity index (χ2v) is 17.7. The molecule has 2 aliphatic rings. The van der Waals surface area contributed by atoms with Gasteiger partial charge in [-0.25, -0.2) is 9.59 Å². The molecule has 10 amide bonds. The number of likely N-dealkylation sites (tertiary alicyclic amines) is 1. The maximum atomic E-state index is 14.6. The number of amides is 10. The van der Waals surface area contributed by atoms with Gasteiger partial charge in [0, 0.05) is 54.8 Å². The van der Waals surface area contributed by atoms with Crippen LogP contribution in [0.5, 0.6) is 0 Å². The number of benzene rings is 2. The molecular formula is C48H70N12O8. The zero-order chi connectivity index (χ0) is 49.0. The SMILES string of the molecule is CN[C@@H](Cc1ccccc1)C(=O)N1CCCC[C@H]1C(=O)N[C@H](C(=O)N[C@@H](CCCNC(N)=O)C(=O)N[C@@H](CCCCNC(=O)CCCCC[C@@H]1NC(=O)N[C@@H]1C)C(N)=O)c1c[nH]c2ccccc12. The second-order valence-electron chi connectivity index (χ2n) is 17.7. The van der Waals surface area contributed by atoms with Crippen LogP contribution in [0.25, 0.3) is 10.9 Å². The Kier molecular flexibility index (Phi) is 20.4. The van der Waals surface area contributed by atoms with Crippen molar-refractivity contribution in [2.75, 3.05) is 26.7 Å². The summed E-state index contributed by atoms with van der Waals surface area (Å²) in [5.74, 6) is -3.08. The highest BCUT2D eigenvalue weighted by Gasteiger charge is 2.38. The Morgan fingerprint density at radius 1 is 0.765 bits per heavy atom. The summed E-state index contributed by atoms with van der Waals surface area (Å²) in [6.45, 7) is 2.76. The standard InChI is InChI=1S/C48H70N12O8/c1-30-34(58-48(68)55-30)19-7-4-8-24-40(61)52-25-13-11-21-36(42(49)62)56-43(63)37(22-15-26-53-47(50)67)57-45(65)41(33-29-54-35-20-10-9-18-32(33)35)59-44(64)39-23-12-14-27-60(39)46(66)38(51-2)28-31-16-5-3-6-17-31/h3,5-6,9-10,16-18,20,29-30,34,36-39,41,51,54H,4,7-8,11-15,19,21-28H2,1-2H3,(H2,49,62)(H,52,61)(H,56,63)(H,57,65)(H,59,64)(H3,50,53,67)(H2,55,58,68)/t30-,34+,36+,37+,38+,39+,41+/m1/s1. The van der Waals surface area contributed by atoms with E-state index in [9.17, 15) is 38.4 Å². The largest absolute Gasteiger partial charge is 0.368 e. The Morgan fingerprint density at radius 3 is 2.21 bits per heavy atom. The summed E-state index contributed by atoms with van der Waals surface area (Å²) in [7, 11) is 1.71. The van der Waals surface area contributed by atoms with E-state index in [0.717, 1.165) is 24.8 Å². The number of rotatable bonds is 27. The molecule has 1 aromatic heterocycles. The summed E-state index contributed by atoms with van der Waals surface area (Å²) >= 11 is 0. The Hall–Kier alpha value is -6.70. The molecule has 20 heteroatoms. The molecule has 7 atom stereocenters. The van der Waals surface area contributed by atoms with E-state index < -0.39 is 59.9 Å². The van der Waals surface area contributed by atoms with E-state index in [1.54, 1.807) is 30.3 Å². The summed E-state index contributed by atoms with van der Waals surface area (Å²) in [4.78, 5) is 110. The highest BCUT2D eigenvalue weighted by atomic mass is 16.2. The summed E-state index contributed by atoms with van der Waals surface area (Å²) < 4.78 is 0. The lowest BCUT2D eigenvalue weighted by Crippen LogP contribution is -2.58. The lowest BCUT2D eigenvalue weighted by molar-refractivity contribution is -0.144. The highest BCUT2D eigenvalue weighted by molar-refractivity contribution is 5.99. The molecule has 3 aromatic rings. The second kappa shape index (κ2) is 26.6. The zero-order valence-corrected chi connectivity index (χ0v) is 39.2. The Bertz CT molecular complexity index is 2190. The van der Waals surface area contributed by atoms with Gasteiger partial charge in [-0.15, -0.1) is 0 Å². The van der Waals surface area contributed by atoms with Crippen LogP contribution >= 0.6 is 0 Å². The van der Waals surface area contributed by atoms with Crippen molar-refractivity contribution in [3.8, 4) is 0 Å². The molecule has 13 N–H and O–H groups in total. The van der Waals surface area contributed by atoms with Gasteiger partial charge < -0.3 is 63.9 Å². The lowest BCUT2D eigenvalue weighted by Gasteiger charge is -2.37. The van der Waals surface area contributed by atoms with Crippen molar-refractivity contribution in [2.24, 2.45) is 11.5 Å². The number of hydrogen-bond donors (Lipinski definition) is 11. The number of carbonyl (C=O) groups excluding carboxylic acids is 8. The molecule has 0 saturated carbocycles. The van der Waals surface area contributed by atoms with Crippen LogP contribution in [0.2, 0.25) is 0 Å². The smallest absolute Gasteiger partial charge is 0.315 e. The predicted molar refractivity (Wildman–Crippen MR) is 256 cm³/mol. The lowest BCUT2D eigenvalue weighted by atomic mass is 9.97.